The number of halogens is 2. The van der Waals surface area contributed by atoms with Gasteiger partial charge in [0.05, 0.1) is 42.3 Å². The topological polar surface area (TPSA) is 81.6 Å². The van der Waals surface area contributed by atoms with Crippen molar-refractivity contribution in [3.63, 3.8) is 0 Å². The molecule has 0 saturated heterocycles. The molecule has 210 valence electrons. The second-order valence-corrected chi connectivity index (χ2v) is 9.97. The van der Waals surface area contributed by atoms with Gasteiger partial charge in [0.25, 0.3) is 0 Å². The summed E-state index contributed by atoms with van der Waals surface area (Å²) in [6.45, 7) is 0.563. The van der Waals surface area contributed by atoms with Gasteiger partial charge in [-0.1, -0.05) is 65.7 Å². The van der Waals surface area contributed by atoms with Crippen LogP contribution in [0.15, 0.2) is 91.3 Å². The van der Waals surface area contributed by atoms with E-state index in [0.717, 1.165) is 22.6 Å². The third-order valence-electron chi connectivity index (χ3n) is 6.44. The first-order valence-corrected chi connectivity index (χ1v) is 13.6. The van der Waals surface area contributed by atoms with E-state index in [1.54, 1.807) is 43.8 Å². The molecule has 0 saturated carbocycles. The quantitative estimate of drug-likeness (QED) is 0.124. The maximum absolute atomic E-state index is 12.9. The van der Waals surface area contributed by atoms with Gasteiger partial charge in [-0.3, -0.25) is 9.59 Å². The Hall–Kier alpha value is -4.20. The van der Waals surface area contributed by atoms with Gasteiger partial charge >= 0.3 is 5.97 Å². The molecule has 0 aliphatic carbocycles. The van der Waals surface area contributed by atoms with Crippen LogP contribution < -0.4 is 9.64 Å². The average molecular weight is 591 g/mol. The average Bonchev–Trinajstić information content (AvgIpc) is 3.00. The highest BCUT2D eigenvalue weighted by Gasteiger charge is 2.24. The number of ether oxygens (including phenoxy) is 2. The molecule has 1 heterocycles. The van der Waals surface area contributed by atoms with Crippen LogP contribution in [-0.4, -0.2) is 35.9 Å². The molecule has 3 aromatic carbocycles. The van der Waals surface area contributed by atoms with Gasteiger partial charge in [0.2, 0.25) is 5.95 Å². The molecule has 4 aromatic rings. The highest BCUT2D eigenvalue weighted by molar-refractivity contribution is 6.39. The van der Waals surface area contributed by atoms with E-state index in [4.69, 9.17) is 32.7 Å². The number of nitrogens with zero attached hydrogens (tertiary/aromatic N) is 3. The summed E-state index contributed by atoms with van der Waals surface area (Å²) in [5, 5.41) is 0.507. The van der Waals surface area contributed by atoms with Gasteiger partial charge < -0.3 is 14.4 Å². The Bertz CT molecular complexity index is 1470. The maximum atomic E-state index is 12.9. The third-order valence-corrected chi connectivity index (χ3v) is 7.07. The number of hydrogen-bond donors (Lipinski definition) is 0. The van der Waals surface area contributed by atoms with Crippen molar-refractivity contribution in [2.45, 2.75) is 19.4 Å². The van der Waals surface area contributed by atoms with Crippen LogP contribution in [0.3, 0.4) is 0 Å². The SMILES string of the molecule is COC(=O)C(C/C=C/c1ccc(N(Cc2ccc(OC)cc2)c2ncccn2)cc1)CC(=O)c1c(Cl)cccc1Cl. The van der Waals surface area contributed by atoms with Gasteiger partial charge in [0.15, 0.2) is 5.78 Å². The lowest BCUT2D eigenvalue weighted by atomic mass is 9.95. The number of anilines is 2. The molecule has 1 atom stereocenters. The fraction of sp³-hybridized carbons (Fsp3) is 0.188. The van der Waals surface area contributed by atoms with E-state index in [2.05, 4.69) is 9.97 Å². The highest BCUT2D eigenvalue weighted by atomic mass is 35.5. The molecular weight excluding hydrogens is 561 g/mol. The Morgan fingerprint density at radius 1 is 0.902 bits per heavy atom. The molecular formula is C32H29Cl2N3O4. The number of Topliss-reactive ketones (excluding diaryl/α,β-unsaturated/α-hetero) is 1. The van der Waals surface area contributed by atoms with Crippen molar-refractivity contribution in [3.8, 4) is 5.75 Å². The zero-order valence-corrected chi connectivity index (χ0v) is 24.2. The largest absolute Gasteiger partial charge is 0.497 e. The van der Waals surface area contributed by atoms with Crippen LogP contribution in [0.5, 0.6) is 5.75 Å². The molecule has 9 heteroatoms. The molecule has 0 amide bonds. The minimum absolute atomic E-state index is 0.0726. The normalized spacial score (nSPS) is 11.7. The van der Waals surface area contributed by atoms with Crippen molar-refractivity contribution >= 4 is 52.7 Å². The molecule has 0 N–H and O–H groups in total. The number of carbonyl (C=O) groups is 2. The minimum Gasteiger partial charge on any atom is -0.497 e. The Balaban J connectivity index is 1.47. The van der Waals surface area contributed by atoms with Crippen molar-refractivity contribution < 1.29 is 19.1 Å². The number of esters is 1. The second kappa shape index (κ2) is 14.4. The molecule has 4 rings (SSSR count). The number of methoxy groups -OCH3 is 2. The molecule has 0 aliphatic heterocycles. The van der Waals surface area contributed by atoms with Gasteiger partial charge in [-0.05, 0) is 60.0 Å². The first-order chi connectivity index (χ1) is 19.9. The molecule has 1 unspecified atom stereocenters. The molecule has 0 bridgehead atoms. The van der Waals surface area contributed by atoms with E-state index >= 15 is 0 Å². The summed E-state index contributed by atoms with van der Waals surface area (Å²) in [7, 11) is 2.94. The summed E-state index contributed by atoms with van der Waals surface area (Å²) in [5.74, 6) is -0.0901. The highest BCUT2D eigenvalue weighted by Crippen LogP contribution is 2.29. The summed E-state index contributed by atoms with van der Waals surface area (Å²) in [4.78, 5) is 36.3. The fourth-order valence-electron chi connectivity index (χ4n) is 4.27. The number of carbonyl (C=O) groups excluding carboxylic acids is 2. The van der Waals surface area contributed by atoms with Gasteiger partial charge in [0, 0.05) is 24.5 Å². The van der Waals surface area contributed by atoms with E-state index in [1.165, 1.54) is 7.11 Å². The maximum Gasteiger partial charge on any atom is 0.309 e. The van der Waals surface area contributed by atoms with Crippen molar-refractivity contribution in [2.24, 2.45) is 5.92 Å². The smallest absolute Gasteiger partial charge is 0.309 e. The van der Waals surface area contributed by atoms with Crippen LogP contribution in [0.2, 0.25) is 10.0 Å². The molecule has 0 radical (unpaired) electrons. The molecule has 0 fully saturated rings. The lowest BCUT2D eigenvalue weighted by Crippen LogP contribution is -2.20. The lowest BCUT2D eigenvalue weighted by molar-refractivity contribution is -0.145. The van der Waals surface area contributed by atoms with Gasteiger partial charge in [-0.2, -0.15) is 0 Å². The zero-order valence-electron chi connectivity index (χ0n) is 22.7. The Labute approximate surface area is 249 Å². The van der Waals surface area contributed by atoms with Crippen LogP contribution in [0.1, 0.15) is 34.3 Å². The predicted octanol–water partition coefficient (Wildman–Crippen LogP) is 7.60. The lowest BCUT2D eigenvalue weighted by Gasteiger charge is -2.23. The molecule has 41 heavy (non-hydrogen) atoms. The van der Waals surface area contributed by atoms with Crippen LogP contribution in [0.25, 0.3) is 6.08 Å². The zero-order chi connectivity index (χ0) is 29.2. The minimum atomic E-state index is -0.675. The number of hydrogen-bond acceptors (Lipinski definition) is 7. The van der Waals surface area contributed by atoms with E-state index < -0.39 is 11.9 Å². The van der Waals surface area contributed by atoms with E-state index in [0.29, 0.717) is 18.9 Å². The summed E-state index contributed by atoms with van der Waals surface area (Å²) >= 11 is 12.4. The summed E-state index contributed by atoms with van der Waals surface area (Å²) < 4.78 is 10.2. The number of ketones is 1. The third kappa shape index (κ3) is 7.93. The predicted molar refractivity (Wildman–Crippen MR) is 162 cm³/mol. The van der Waals surface area contributed by atoms with Crippen LogP contribution >= 0.6 is 23.2 Å². The van der Waals surface area contributed by atoms with Crippen LogP contribution in [-0.2, 0) is 16.1 Å². The number of benzene rings is 3. The number of rotatable bonds is 12. The van der Waals surface area contributed by atoms with E-state index in [9.17, 15) is 9.59 Å². The van der Waals surface area contributed by atoms with Crippen molar-refractivity contribution in [3.05, 3.63) is 118 Å². The monoisotopic (exact) mass is 589 g/mol. The second-order valence-electron chi connectivity index (χ2n) is 9.16. The van der Waals surface area contributed by atoms with Crippen molar-refractivity contribution in [1.29, 1.82) is 0 Å². The molecule has 0 spiro atoms. The summed E-state index contributed by atoms with van der Waals surface area (Å²) in [6, 6.07) is 22.4. The van der Waals surface area contributed by atoms with Crippen LogP contribution in [0, 0.1) is 5.92 Å². The Kier molecular flexibility index (Phi) is 10.5. The molecule has 0 aliphatic rings. The number of allylic oxidation sites excluding steroid dienone is 1. The number of aromatic nitrogens is 2. The first kappa shape index (κ1) is 29.8. The van der Waals surface area contributed by atoms with Gasteiger partial charge in [0.1, 0.15) is 5.75 Å². The molecule has 7 nitrogen and oxygen atoms in total. The first-order valence-electron chi connectivity index (χ1n) is 12.9. The van der Waals surface area contributed by atoms with Crippen molar-refractivity contribution in [2.75, 3.05) is 19.1 Å². The van der Waals surface area contributed by atoms with E-state index in [-0.39, 0.29) is 27.8 Å². The fourth-order valence-corrected chi connectivity index (χ4v) is 4.88. The van der Waals surface area contributed by atoms with Gasteiger partial charge in [-0.15, -0.1) is 0 Å². The summed E-state index contributed by atoms with van der Waals surface area (Å²) in [6.07, 6.45) is 7.42. The van der Waals surface area contributed by atoms with Gasteiger partial charge in [-0.25, -0.2) is 9.97 Å². The Morgan fingerprint density at radius 2 is 1.56 bits per heavy atom. The van der Waals surface area contributed by atoms with Crippen molar-refractivity contribution in [1.82, 2.24) is 9.97 Å². The van der Waals surface area contributed by atoms with Crippen LogP contribution in [0.4, 0.5) is 11.6 Å². The Morgan fingerprint density at radius 3 is 2.17 bits per heavy atom. The standard InChI is InChI=1S/C32H29Cl2N3O4/c1-40-26-16-12-23(13-17-26)21-37(32-35-18-5-19-36-32)25-14-10-22(11-15-25)6-3-7-24(31(39)41-2)20-29(38)30-27(33)8-4-9-28(30)34/h3-6,8-19,24H,7,20-21H2,1-2H3/b6-3+. The molecule has 1 aromatic heterocycles. The summed E-state index contributed by atoms with van der Waals surface area (Å²) in [5.41, 5.74) is 3.13. The van der Waals surface area contributed by atoms with E-state index in [1.807, 2.05) is 65.6 Å².